The number of nitrogens with one attached hydrogen (secondary N) is 1. The van der Waals surface area contributed by atoms with Gasteiger partial charge in [0.1, 0.15) is 11.6 Å². The monoisotopic (exact) mass is 246 g/mol. The Kier molecular flexibility index (Phi) is 4.11. The van der Waals surface area contributed by atoms with Crippen molar-refractivity contribution in [3.05, 3.63) is 42.6 Å². The van der Waals surface area contributed by atoms with Crippen LogP contribution in [0.4, 0.5) is 17.2 Å². The van der Waals surface area contributed by atoms with E-state index in [0.717, 1.165) is 22.9 Å². The largest absolute Gasteiger partial charge is 0.497 e. The molecule has 1 aromatic carbocycles. The molecule has 0 aliphatic rings. The highest BCUT2D eigenvalue weighted by Gasteiger charge is 2.01. The zero-order valence-electron chi connectivity index (χ0n) is 10.4. The molecule has 94 valence electrons. The van der Waals surface area contributed by atoms with Gasteiger partial charge in [-0.25, -0.2) is 9.82 Å². The molecule has 1 aromatic heterocycles. The van der Waals surface area contributed by atoms with E-state index in [4.69, 9.17) is 9.57 Å². The second-order valence-corrected chi connectivity index (χ2v) is 3.68. The standard InChI is InChI=1S/C13H15N3O2/c1-17-12-5-3-4-10(8-12)15-13-9-11(16-18-2)6-7-14-13/h3-9H,1-2H3,(H2,14,15,16)/p+1. The van der Waals surface area contributed by atoms with Crippen molar-refractivity contribution in [3.8, 4) is 5.75 Å². The number of nitrogens with two attached hydrogens (primary N) is 1. The molecule has 0 saturated carbocycles. The normalized spacial score (nSPS) is 10.1. The second-order valence-electron chi connectivity index (χ2n) is 3.68. The summed E-state index contributed by atoms with van der Waals surface area (Å²) in [6.07, 6.45) is 1.73. The number of rotatable bonds is 5. The van der Waals surface area contributed by atoms with Gasteiger partial charge in [-0.1, -0.05) is 6.07 Å². The van der Waals surface area contributed by atoms with Crippen LogP contribution >= 0.6 is 0 Å². The molecule has 0 aliphatic carbocycles. The van der Waals surface area contributed by atoms with Crippen molar-refractivity contribution < 1.29 is 15.1 Å². The lowest BCUT2D eigenvalue weighted by Crippen LogP contribution is -2.75. The summed E-state index contributed by atoms with van der Waals surface area (Å²) >= 11 is 0. The van der Waals surface area contributed by atoms with Gasteiger partial charge in [0.2, 0.25) is 0 Å². The Balaban J connectivity index is 2.14. The van der Waals surface area contributed by atoms with E-state index in [1.165, 1.54) is 0 Å². The highest BCUT2D eigenvalue weighted by Crippen LogP contribution is 2.20. The van der Waals surface area contributed by atoms with Gasteiger partial charge in [-0.15, -0.1) is 0 Å². The van der Waals surface area contributed by atoms with E-state index >= 15 is 0 Å². The lowest BCUT2D eigenvalue weighted by Gasteiger charge is -2.07. The fraction of sp³-hybridized carbons (Fsp3) is 0.154. The van der Waals surface area contributed by atoms with Crippen LogP contribution in [0.2, 0.25) is 0 Å². The van der Waals surface area contributed by atoms with E-state index < -0.39 is 0 Å². The molecule has 0 saturated heterocycles. The summed E-state index contributed by atoms with van der Waals surface area (Å²) in [4.78, 5) is 9.21. The van der Waals surface area contributed by atoms with Crippen molar-refractivity contribution in [3.63, 3.8) is 0 Å². The van der Waals surface area contributed by atoms with Crippen molar-refractivity contribution in [1.29, 1.82) is 0 Å². The summed E-state index contributed by atoms with van der Waals surface area (Å²) in [5.41, 5.74) is 3.55. The van der Waals surface area contributed by atoms with Gasteiger partial charge in [0.05, 0.1) is 14.2 Å². The maximum atomic E-state index is 5.17. The maximum absolute atomic E-state index is 5.17. The van der Waals surface area contributed by atoms with Gasteiger partial charge in [-0.3, -0.25) is 0 Å². The highest BCUT2D eigenvalue weighted by atomic mass is 16.6. The Morgan fingerprint density at radius 3 is 2.83 bits per heavy atom. The van der Waals surface area contributed by atoms with Crippen molar-refractivity contribution in [2.24, 2.45) is 0 Å². The first-order valence-corrected chi connectivity index (χ1v) is 5.55. The van der Waals surface area contributed by atoms with E-state index in [1.807, 2.05) is 36.4 Å². The Labute approximate surface area is 106 Å². The molecule has 0 unspecified atom stereocenters. The molecule has 0 radical (unpaired) electrons. The summed E-state index contributed by atoms with van der Waals surface area (Å²) in [6, 6.07) is 11.5. The fourth-order valence-corrected chi connectivity index (χ4v) is 1.57. The third-order valence-electron chi connectivity index (χ3n) is 2.38. The molecule has 18 heavy (non-hydrogen) atoms. The lowest BCUT2D eigenvalue weighted by atomic mass is 10.3. The van der Waals surface area contributed by atoms with Crippen LogP contribution < -0.4 is 15.5 Å². The second kappa shape index (κ2) is 6.00. The molecule has 0 bridgehead atoms. The summed E-state index contributed by atoms with van der Waals surface area (Å²) in [5.74, 6) is 1.56. The minimum atomic E-state index is 0.758. The van der Waals surface area contributed by atoms with E-state index in [-0.39, 0.29) is 0 Å². The molecule has 5 nitrogen and oxygen atoms in total. The van der Waals surface area contributed by atoms with Crippen molar-refractivity contribution in [2.45, 2.75) is 0 Å². The van der Waals surface area contributed by atoms with Crippen LogP contribution in [0, 0.1) is 0 Å². The Morgan fingerprint density at radius 1 is 1.17 bits per heavy atom. The number of hydrogen-bond acceptors (Lipinski definition) is 4. The van der Waals surface area contributed by atoms with E-state index in [9.17, 15) is 0 Å². The maximum Gasteiger partial charge on any atom is 0.167 e. The first kappa shape index (κ1) is 12.3. The van der Waals surface area contributed by atoms with Crippen molar-refractivity contribution in [2.75, 3.05) is 19.5 Å². The number of hydrogen-bond donors (Lipinski definition) is 2. The first-order chi connectivity index (χ1) is 8.81. The fourth-order valence-electron chi connectivity index (χ4n) is 1.57. The minimum absolute atomic E-state index is 0.758. The number of ether oxygens (including phenoxy) is 1. The van der Waals surface area contributed by atoms with Gasteiger partial charge in [-0.05, 0) is 12.1 Å². The summed E-state index contributed by atoms with van der Waals surface area (Å²) in [6.45, 7) is 0. The molecule has 0 spiro atoms. The van der Waals surface area contributed by atoms with Crippen LogP contribution in [-0.2, 0) is 4.84 Å². The molecule has 2 aromatic rings. The van der Waals surface area contributed by atoms with Crippen LogP contribution in [-0.4, -0.2) is 19.2 Å². The predicted octanol–water partition coefficient (Wildman–Crippen LogP) is 1.59. The summed E-state index contributed by atoms with van der Waals surface area (Å²) in [5, 5.41) is 3.21. The number of methoxy groups -OCH3 is 1. The van der Waals surface area contributed by atoms with Crippen molar-refractivity contribution in [1.82, 2.24) is 4.98 Å². The smallest absolute Gasteiger partial charge is 0.167 e. The highest BCUT2D eigenvalue weighted by molar-refractivity contribution is 5.59. The molecule has 2 rings (SSSR count). The summed E-state index contributed by atoms with van der Waals surface area (Å²) < 4.78 is 5.17. The zero-order chi connectivity index (χ0) is 12.8. The molecular weight excluding hydrogens is 230 g/mol. The average molecular weight is 246 g/mol. The number of nitrogens with zero attached hydrogens (tertiary/aromatic N) is 1. The summed E-state index contributed by atoms with van der Waals surface area (Å²) in [7, 11) is 3.27. The minimum Gasteiger partial charge on any atom is -0.497 e. The molecule has 1 heterocycles. The van der Waals surface area contributed by atoms with Crippen LogP contribution in [0.3, 0.4) is 0 Å². The predicted molar refractivity (Wildman–Crippen MR) is 69.1 cm³/mol. The molecule has 0 fully saturated rings. The molecule has 0 aliphatic heterocycles. The number of anilines is 2. The topological polar surface area (TPSA) is 60.0 Å². The van der Waals surface area contributed by atoms with Gasteiger partial charge < -0.3 is 10.1 Å². The van der Waals surface area contributed by atoms with Gasteiger partial charge in [0.25, 0.3) is 0 Å². The van der Waals surface area contributed by atoms with Crippen LogP contribution in [0.25, 0.3) is 0 Å². The van der Waals surface area contributed by atoms with Crippen LogP contribution in [0.1, 0.15) is 0 Å². The molecular formula is C13H16N3O2+. The average Bonchev–Trinajstić information content (AvgIpc) is 2.40. The van der Waals surface area contributed by atoms with Crippen LogP contribution in [0.5, 0.6) is 5.75 Å². The van der Waals surface area contributed by atoms with E-state index in [1.54, 1.807) is 25.9 Å². The van der Waals surface area contributed by atoms with Crippen molar-refractivity contribution >= 4 is 17.2 Å². The van der Waals surface area contributed by atoms with E-state index in [0.29, 0.717) is 0 Å². The Morgan fingerprint density at radius 2 is 2.06 bits per heavy atom. The third-order valence-corrected chi connectivity index (χ3v) is 2.38. The van der Waals surface area contributed by atoms with Crippen LogP contribution in [0.15, 0.2) is 42.6 Å². The third kappa shape index (κ3) is 3.19. The SMILES string of the molecule is CO[NH2+]c1ccnc(Nc2cccc(OC)c2)c1. The zero-order valence-corrected chi connectivity index (χ0v) is 10.4. The number of aromatic nitrogens is 1. The molecule has 0 atom stereocenters. The van der Waals surface area contributed by atoms with E-state index in [2.05, 4.69) is 10.3 Å². The number of benzene rings is 1. The van der Waals surface area contributed by atoms with Gasteiger partial charge >= 0.3 is 0 Å². The van der Waals surface area contributed by atoms with Gasteiger partial charge in [-0.2, -0.15) is 5.48 Å². The number of quaternary nitrogens is 1. The van der Waals surface area contributed by atoms with Gasteiger partial charge in [0, 0.05) is 30.1 Å². The quantitative estimate of drug-likeness (QED) is 0.786. The van der Waals surface area contributed by atoms with Gasteiger partial charge in [0.15, 0.2) is 5.69 Å². The molecule has 5 heteroatoms. The first-order valence-electron chi connectivity index (χ1n) is 5.55. The Hall–Kier alpha value is -2.11. The lowest BCUT2D eigenvalue weighted by molar-refractivity contribution is -0.830. The molecule has 3 N–H and O–H groups in total. The Bertz CT molecular complexity index is 517. The number of pyridine rings is 1. The molecule has 0 amide bonds.